The van der Waals surface area contributed by atoms with Crippen LogP contribution < -0.4 is 4.90 Å². The van der Waals surface area contributed by atoms with E-state index in [-0.39, 0.29) is 5.82 Å². The van der Waals surface area contributed by atoms with Gasteiger partial charge in [0.25, 0.3) is 0 Å². The Morgan fingerprint density at radius 1 is 1.26 bits per heavy atom. The zero-order chi connectivity index (χ0) is 14.0. The number of halogens is 3. The Morgan fingerprint density at radius 3 is 2.42 bits per heavy atom. The second-order valence-electron chi connectivity index (χ2n) is 4.45. The van der Waals surface area contributed by atoms with E-state index in [1.54, 1.807) is 4.90 Å². The van der Waals surface area contributed by atoms with Crippen molar-refractivity contribution in [1.29, 1.82) is 0 Å². The number of hydrogen-bond donors (Lipinski definition) is 1. The summed E-state index contributed by atoms with van der Waals surface area (Å²) in [6, 6.07) is 0.652. The zero-order valence-electron chi connectivity index (χ0n) is 10.1. The molecule has 0 atom stereocenters. The van der Waals surface area contributed by atoms with Crippen LogP contribution in [-0.2, 0) is 6.18 Å². The summed E-state index contributed by atoms with van der Waals surface area (Å²) in [5.74, 6) is -1.26. The van der Waals surface area contributed by atoms with Gasteiger partial charge >= 0.3 is 12.1 Å². The van der Waals surface area contributed by atoms with Crippen molar-refractivity contribution in [3.05, 3.63) is 23.4 Å². The number of carbonyl (C=O) groups is 1. The van der Waals surface area contributed by atoms with E-state index >= 15 is 0 Å². The zero-order valence-corrected chi connectivity index (χ0v) is 10.1. The summed E-state index contributed by atoms with van der Waals surface area (Å²) in [5, 5.41) is 9.05. The lowest BCUT2D eigenvalue weighted by Crippen LogP contribution is -2.32. The topological polar surface area (TPSA) is 53.4 Å². The van der Waals surface area contributed by atoms with Crippen LogP contribution in [-0.4, -0.2) is 29.1 Å². The highest BCUT2D eigenvalue weighted by atomic mass is 19.4. The van der Waals surface area contributed by atoms with E-state index in [2.05, 4.69) is 4.98 Å². The highest BCUT2D eigenvalue weighted by molar-refractivity contribution is 5.93. The molecule has 0 spiro atoms. The van der Waals surface area contributed by atoms with Gasteiger partial charge in [-0.2, -0.15) is 13.2 Å². The van der Waals surface area contributed by atoms with Crippen molar-refractivity contribution in [2.45, 2.75) is 25.4 Å². The first-order chi connectivity index (χ1) is 8.89. The SMILES string of the molecule is O=C(O)c1cc(C(F)(F)F)cnc1N1CCCCC1. The summed E-state index contributed by atoms with van der Waals surface area (Å²) >= 11 is 0. The highest BCUT2D eigenvalue weighted by Gasteiger charge is 2.33. The molecule has 0 saturated carbocycles. The molecule has 0 aliphatic carbocycles. The Balaban J connectivity index is 2.40. The summed E-state index contributed by atoms with van der Waals surface area (Å²) in [6.07, 6.45) is -1.07. The molecule has 4 nitrogen and oxygen atoms in total. The fraction of sp³-hybridized carbons (Fsp3) is 0.500. The van der Waals surface area contributed by atoms with E-state index in [0.29, 0.717) is 25.4 Å². The predicted octanol–water partition coefficient (Wildman–Crippen LogP) is 2.79. The van der Waals surface area contributed by atoms with Crippen molar-refractivity contribution in [2.75, 3.05) is 18.0 Å². The third kappa shape index (κ3) is 2.97. The summed E-state index contributed by atoms with van der Waals surface area (Å²) in [5.41, 5.74) is -1.43. The van der Waals surface area contributed by atoms with E-state index in [0.717, 1.165) is 19.3 Å². The Kier molecular flexibility index (Phi) is 3.64. The number of hydrogen-bond acceptors (Lipinski definition) is 3. The summed E-state index contributed by atoms with van der Waals surface area (Å²) in [7, 11) is 0. The maximum absolute atomic E-state index is 12.6. The van der Waals surface area contributed by atoms with Crippen LogP contribution in [0.5, 0.6) is 0 Å². The van der Waals surface area contributed by atoms with Crippen molar-refractivity contribution in [3.63, 3.8) is 0 Å². The number of carboxylic acid groups (broad SMARTS) is 1. The number of nitrogens with zero attached hydrogens (tertiary/aromatic N) is 2. The second-order valence-corrected chi connectivity index (χ2v) is 4.45. The predicted molar refractivity (Wildman–Crippen MR) is 62.3 cm³/mol. The summed E-state index contributed by atoms with van der Waals surface area (Å²) in [4.78, 5) is 16.6. The normalized spacial score (nSPS) is 16.5. The van der Waals surface area contributed by atoms with E-state index in [9.17, 15) is 18.0 Å². The van der Waals surface area contributed by atoms with Gasteiger partial charge in [-0.05, 0) is 25.3 Å². The number of aromatic carboxylic acids is 1. The van der Waals surface area contributed by atoms with Crippen LogP contribution in [0.3, 0.4) is 0 Å². The van der Waals surface area contributed by atoms with Crippen LogP contribution >= 0.6 is 0 Å². The Bertz CT molecular complexity index is 482. The fourth-order valence-corrected chi connectivity index (χ4v) is 2.13. The second kappa shape index (κ2) is 5.07. The minimum absolute atomic E-state index is 0.125. The van der Waals surface area contributed by atoms with E-state index < -0.39 is 23.3 Å². The molecule has 19 heavy (non-hydrogen) atoms. The fourth-order valence-electron chi connectivity index (χ4n) is 2.13. The first kappa shape index (κ1) is 13.6. The molecule has 0 amide bonds. The molecular weight excluding hydrogens is 261 g/mol. The summed E-state index contributed by atoms with van der Waals surface area (Å²) < 4.78 is 37.7. The van der Waals surface area contributed by atoms with E-state index in [1.165, 1.54) is 0 Å². The van der Waals surface area contributed by atoms with Crippen molar-refractivity contribution < 1.29 is 23.1 Å². The maximum atomic E-state index is 12.6. The van der Waals surface area contributed by atoms with Gasteiger partial charge < -0.3 is 10.0 Å². The Labute approximate surface area is 107 Å². The number of carboxylic acids is 1. The average Bonchev–Trinajstić information content (AvgIpc) is 2.38. The van der Waals surface area contributed by atoms with Crippen LogP contribution in [0.25, 0.3) is 0 Å². The molecule has 1 N–H and O–H groups in total. The van der Waals surface area contributed by atoms with Gasteiger partial charge in [0.1, 0.15) is 11.4 Å². The number of aromatic nitrogens is 1. The minimum Gasteiger partial charge on any atom is -0.478 e. The van der Waals surface area contributed by atoms with Crippen LogP contribution in [0.15, 0.2) is 12.3 Å². The molecule has 1 aliphatic rings. The number of anilines is 1. The van der Waals surface area contributed by atoms with E-state index in [4.69, 9.17) is 5.11 Å². The quantitative estimate of drug-likeness (QED) is 0.901. The Hall–Kier alpha value is -1.79. The smallest absolute Gasteiger partial charge is 0.417 e. The monoisotopic (exact) mass is 274 g/mol. The molecule has 2 heterocycles. The van der Waals surface area contributed by atoms with Gasteiger partial charge in [-0.1, -0.05) is 0 Å². The molecule has 1 saturated heterocycles. The molecule has 0 aromatic carbocycles. The van der Waals surface area contributed by atoms with Crippen molar-refractivity contribution in [1.82, 2.24) is 4.98 Å². The van der Waals surface area contributed by atoms with Gasteiger partial charge in [0.15, 0.2) is 0 Å². The number of pyridine rings is 1. The molecule has 104 valence electrons. The molecule has 0 radical (unpaired) electrons. The largest absolute Gasteiger partial charge is 0.478 e. The maximum Gasteiger partial charge on any atom is 0.417 e. The van der Waals surface area contributed by atoms with Crippen molar-refractivity contribution >= 4 is 11.8 Å². The third-order valence-electron chi connectivity index (χ3n) is 3.08. The van der Waals surface area contributed by atoms with Gasteiger partial charge in [0.05, 0.1) is 5.56 Å². The lowest BCUT2D eigenvalue weighted by molar-refractivity contribution is -0.137. The lowest BCUT2D eigenvalue weighted by atomic mass is 10.1. The first-order valence-electron chi connectivity index (χ1n) is 5.95. The van der Waals surface area contributed by atoms with Gasteiger partial charge in [-0.25, -0.2) is 9.78 Å². The lowest BCUT2D eigenvalue weighted by Gasteiger charge is -2.28. The third-order valence-corrected chi connectivity index (χ3v) is 3.08. The molecule has 0 unspecified atom stereocenters. The van der Waals surface area contributed by atoms with Gasteiger partial charge in [0.2, 0.25) is 0 Å². The van der Waals surface area contributed by atoms with Crippen LogP contribution in [0, 0.1) is 0 Å². The molecule has 2 rings (SSSR count). The average molecular weight is 274 g/mol. The number of rotatable bonds is 2. The van der Waals surface area contributed by atoms with Crippen LogP contribution in [0.4, 0.5) is 19.0 Å². The molecule has 1 fully saturated rings. The molecule has 1 aliphatic heterocycles. The summed E-state index contributed by atoms with van der Waals surface area (Å²) in [6.45, 7) is 1.25. The van der Waals surface area contributed by atoms with Gasteiger partial charge in [-0.3, -0.25) is 0 Å². The van der Waals surface area contributed by atoms with Crippen molar-refractivity contribution in [2.24, 2.45) is 0 Å². The minimum atomic E-state index is -4.59. The molecular formula is C12H13F3N2O2. The molecule has 1 aromatic rings. The van der Waals surface area contributed by atoms with E-state index in [1.807, 2.05) is 0 Å². The highest BCUT2D eigenvalue weighted by Crippen LogP contribution is 2.32. The molecule has 7 heteroatoms. The number of piperidine rings is 1. The van der Waals surface area contributed by atoms with Gasteiger partial charge in [-0.15, -0.1) is 0 Å². The van der Waals surface area contributed by atoms with Crippen molar-refractivity contribution in [3.8, 4) is 0 Å². The van der Waals surface area contributed by atoms with Crippen LogP contribution in [0.2, 0.25) is 0 Å². The van der Waals surface area contributed by atoms with Gasteiger partial charge in [0, 0.05) is 19.3 Å². The number of alkyl halides is 3. The standard InChI is InChI=1S/C12H13F3N2O2/c13-12(14,15)8-6-9(11(18)19)10(16-7-8)17-4-2-1-3-5-17/h6-7H,1-5H2,(H,18,19). The molecule has 0 bridgehead atoms. The van der Waals surface area contributed by atoms with Crippen LogP contribution in [0.1, 0.15) is 35.2 Å². The first-order valence-corrected chi connectivity index (χ1v) is 5.95. The molecule has 1 aromatic heterocycles. The Morgan fingerprint density at radius 2 is 1.89 bits per heavy atom.